The largest absolute Gasteiger partial charge is 0.573 e. The van der Waals surface area contributed by atoms with Crippen LogP contribution in [0.3, 0.4) is 0 Å². The molecule has 0 aromatic heterocycles. The Balaban J connectivity index is 2.13. The van der Waals surface area contributed by atoms with E-state index >= 15 is 0 Å². The van der Waals surface area contributed by atoms with Crippen LogP contribution < -0.4 is 9.64 Å². The molecule has 0 amide bonds. The van der Waals surface area contributed by atoms with E-state index in [1.54, 1.807) is 6.07 Å². The number of rotatable bonds is 7. The highest BCUT2D eigenvalue weighted by Gasteiger charge is 2.32. The van der Waals surface area contributed by atoms with Gasteiger partial charge in [-0.2, -0.15) is 0 Å². The quantitative estimate of drug-likeness (QED) is 0.756. The van der Waals surface area contributed by atoms with Crippen LogP contribution in [0.5, 0.6) is 5.75 Å². The van der Waals surface area contributed by atoms with Crippen LogP contribution >= 0.6 is 0 Å². The van der Waals surface area contributed by atoms with Crippen LogP contribution in [0.25, 0.3) is 0 Å². The summed E-state index contributed by atoms with van der Waals surface area (Å²) in [6.07, 6.45) is -1.37. The maximum Gasteiger partial charge on any atom is 0.573 e. The first-order valence-electron chi connectivity index (χ1n) is 8.71. The van der Waals surface area contributed by atoms with Crippen molar-refractivity contribution in [3.63, 3.8) is 0 Å². The van der Waals surface area contributed by atoms with Crippen molar-refractivity contribution in [1.82, 2.24) is 0 Å². The SMILES string of the molecule is CCN(c1ccc(OC(F)(F)F)cc1CO)C1CCC(CC(=O)O)CC1. The van der Waals surface area contributed by atoms with Crippen molar-refractivity contribution in [3.8, 4) is 5.75 Å². The smallest absolute Gasteiger partial charge is 0.481 e. The summed E-state index contributed by atoms with van der Waals surface area (Å²) in [4.78, 5) is 12.9. The standard InChI is InChI=1S/C18H24F3NO4/c1-2-22(14-5-3-12(4-6-14)9-17(24)25)16-8-7-15(10-13(16)11-23)26-18(19,20)21/h7-8,10,12,14,23H,2-6,9,11H2,1H3,(H,24,25). The molecule has 5 nitrogen and oxygen atoms in total. The van der Waals surface area contributed by atoms with Crippen molar-refractivity contribution >= 4 is 11.7 Å². The summed E-state index contributed by atoms with van der Waals surface area (Å²) in [6, 6.07) is 4.17. The lowest BCUT2D eigenvalue weighted by atomic mass is 9.83. The molecule has 1 aliphatic rings. The molecule has 2 rings (SSSR count). The summed E-state index contributed by atoms with van der Waals surface area (Å²) in [6.45, 7) is 2.20. The summed E-state index contributed by atoms with van der Waals surface area (Å²) in [5, 5.41) is 18.5. The van der Waals surface area contributed by atoms with Crippen LogP contribution in [0.1, 0.15) is 44.6 Å². The van der Waals surface area contributed by atoms with Crippen LogP contribution in [0.2, 0.25) is 0 Å². The van der Waals surface area contributed by atoms with E-state index in [9.17, 15) is 23.1 Å². The van der Waals surface area contributed by atoms with E-state index in [1.807, 2.05) is 6.92 Å². The summed E-state index contributed by atoms with van der Waals surface area (Å²) in [7, 11) is 0. The zero-order valence-electron chi connectivity index (χ0n) is 14.6. The lowest BCUT2D eigenvalue weighted by molar-refractivity contribution is -0.274. The number of benzene rings is 1. The van der Waals surface area contributed by atoms with E-state index in [2.05, 4.69) is 9.64 Å². The highest BCUT2D eigenvalue weighted by Crippen LogP contribution is 2.35. The molecule has 1 saturated carbocycles. The van der Waals surface area contributed by atoms with Crippen molar-refractivity contribution in [1.29, 1.82) is 0 Å². The zero-order chi connectivity index (χ0) is 19.3. The normalized spacial score (nSPS) is 20.7. The van der Waals surface area contributed by atoms with Crippen LogP contribution in [-0.2, 0) is 11.4 Å². The van der Waals surface area contributed by atoms with Gasteiger partial charge in [0.15, 0.2) is 0 Å². The summed E-state index contributed by atoms with van der Waals surface area (Å²) in [5.74, 6) is -0.975. The predicted molar refractivity (Wildman–Crippen MR) is 90.1 cm³/mol. The van der Waals surface area contributed by atoms with E-state index in [0.717, 1.165) is 25.7 Å². The Hall–Kier alpha value is -1.96. The first kappa shape index (κ1) is 20.4. The van der Waals surface area contributed by atoms with Crippen molar-refractivity contribution in [2.24, 2.45) is 5.92 Å². The van der Waals surface area contributed by atoms with E-state index in [1.165, 1.54) is 12.1 Å². The van der Waals surface area contributed by atoms with E-state index in [4.69, 9.17) is 5.11 Å². The number of carboxylic acid groups (broad SMARTS) is 1. The van der Waals surface area contributed by atoms with Crippen molar-refractivity contribution in [2.45, 2.75) is 58.0 Å². The third-order valence-corrected chi connectivity index (χ3v) is 4.83. The number of ether oxygens (including phenoxy) is 1. The predicted octanol–water partition coefficient (Wildman–Crippen LogP) is 3.94. The first-order chi connectivity index (χ1) is 12.2. The fraction of sp³-hybridized carbons (Fsp3) is 0.611. The lowest BCUT2D eigenvalue weighted by Crippen LogP contribution is -2.39. The highest BCUT2D eigenvalue weighted by molar-refractivity contribution is 5.67. The van der Waals surface area contributed by atoms with Gasteiger partial charge in [-0.3, -0.25) is 4.79 Å². The molecular formula is C18H24F3NO4. The number of anilines is 1. The highest BCUT2D eigenvalue weighted by atomic mass is 19.4. The van der Waals surface area contributed by atoms with Crippen LogP contribution in [0.4, 0.5) is 18.9 Å². The molecule has 1 aromatic rings. The summed E-state index contributed by atoms with van der Waals surface area (Å²) in [5.41, 5.74) is 1.06. The second kappa shape index (κ2) is 8.62. The molecule has 0 saturated heterocycles. The van der Waals surface area contributed by atoms with E-state index < -0.39 is 18.9 Å². The Bertz CT molecular complexity index is 613. The fourth-order valence-electron chi connectivity index (χ4n) is 3.70. The number of hydrogen-bond acceptors (Lipinski definition) is 4. The Kier molecular flexibility index (Phi) is 6.75. The number of carboxylic acids is 1. The molecule has 0 heterocycles. The molecular weight excluding hydrogens is 351 g/mol. The molecule has 26 heavy (non-hydrogen) atoms. The number of carbonyl (C=O) groups is 1. The number of halogens is 3. The second-order valence-corrected chi connectivity index (χ2v) is 6.55. The minimum atomic E-state index is -4.78. The van der Waals surface area contributed by atoms with Gasteiger partial charge in [0.2, 0.25) is 0 Å². The number of hydrogen-bond donors (Lipinski definition) is 2. The van der Waals surface area contributed by atoms with Crippen LogP contribution in [-0.4, -0.2) is 35.1 Å². The average molecular weight is 375 g/mol. The molecule has 0 atom stereocenters. The number of nitrogens with zero attached hydrogens (tertiary/aromatic N) is 1. The second-order valence-electron chi connectivity index (χ2n) is 6.55. The summed E-state index contributed by atoms with van der Waals surface area (Å²) >= 11 is 0. The molecule has 146 valence electrons. The molecule has 0 radical (unpaired) electrons. The number of aliphatic hydroxyl groups is 1. The van der Waals surface area contributed by atoms with Gasteiger partial charge >= 0.3 is 12.3 Å². The maximum absolute atomic E-state index is 12.4. The van der Waals surface area contributed by atoms with Gasteiger partial charge in [0.1, 0.15) is 5.75 Å². The number of aliphatic carboxylic acids is 1. The van der Waals surface area contributed by atoms with Gasteiger partial charge in [-0.05, 0) is 56.7 Å². The van der Waals surface area contributed by atoms with Crippen LogP contribution in [0, 0.1) is 5.92 Å². The number of aliphatic hydroxyl groups excluding tert-OH is 1. The topological polar surface area (TPSA) is 70.0 Å². The molecule has 1 fully saturated rings. The summed E-state index contributed by atoms with van der Waals surface area (Å²) < 4.78 is 41.1. The zero-order valence-corrected chi connectivity index (χ0v) is 14.6. The first-order valence-corrected chi connectivity index (χ1v) is 8.71. The Morgan fingerprint density at radius 3 is 2.42 bits per heavy atom. The van der Waals surface area contributed by atoms with Crippen LogP contribution in [0.15, 0.2) is 18.2 Å². The Morgan fingerprint density at radius 2 is 1.92 bits per heavy atom. The van der Waals surface area contributed by atoms with Crippen molar-refractivity contribution in [3.05, 3.63) is 23.8 Å². The Labute approximate surface area is 150 Å². The number of alkyl halides is 3. The molecule has 1 aromatic carbocycles. The van der Waals surface area contributed by atoms with Gasteiger partial charge < -0.3 is 19.8 Å². The fourth-order valence-corrected chi connectivity index (χ4v) is 3.70. The third-order valence-electron chi connectivity index (χ3n) is 4.83. The van der Waals surface area contributed by atoms with E-state index in [-0.39, 0.29) is 24.1 Å². The molecule has 0 bridgehead atoms. The van der Waals surface area contributed by atoms with Crippen molar-refractivity contribution in [2.75, 3.05) is 11.4 Å². The minimum absolute atomic E-state index is 0.169. The average Bonchev–Trinajstić information content (AvgIpc) is 2.56. The molecule has 8 heteroatoms. The lowest BCUT2D eigenvalue weighted by Gasteiger charge is -2.38. The van der Waals surface area contributed by atoms with Gasteiger partial charge in [-0.15, -0.1) is 13.2 Å². The molecule has 1 aliphatic carbocycles. The van der Waals surface area contributed by atoms with Gasteiger partial charge in [-0.1, -0.05) is 0 Å². The van der Waals surface area contributed by atoms with E-state index in [0.29, 0.717) is 17.8 Å². The molecule has 0 aliphatic heterocycles. The monoisotopic (exact) mass is 375 g/mol. The molecule has 2 N–H and O–H groups in total. The van der Waals surface area contributed by atoms with Gasteiger partial charge in [0, 0.05) is 30.3 Å². The van der Waals surface area contributed by atoms with Gasteiger partial charge in [0.25, 0.3) is 0 Å². The van der Waals surface area contributed by atoms with Gasteiger partial charge in [0.05, 0.1) is 6.61 Å². The third kappa shape index (κ3) is 5.52. The maximum atomic E-state index is 12.4. The molecule has 0 unspecified atom stereocenters. The molecule has 0 spiro atoms. The van der Waals surface area contributed by atoms with Crippen molar-refractivity contribution < 1.29 is 32.9 Å². The van der Waals surface area contributed by atoms with Gasteiger partial charge in [-0.25, -0.2) is 0 Å². The minimum Gasteiger partial charge on any atom is -0.481 e. The Morgan fingerprint density at radius 1 is 1.27 bits per heavy atom.